The number of rotatable bonds is 4. The van der Waals surface area contributed by atoms with Gasteiger partial charge in [-0.2, -0.15) is 0 Å². The first-order valence-corrected chi connectivity index (χ1v) is 11.4. The Hall–Kier alpha value is -2.87. The first-order chi connectivity index (χ1) is 14.9. The van der Waals surface area contributed by atoms with Gasteiger partial charge in [0.05, 0.1) is 0 Å². The topological polar surface area (TPSA) is 21.6 Å². The minimum atomic E-state index is 0.0668. The Morgan fingerprint density at radius 3 is 1.97 bits per heavy atom. The van der Waals surface area contributed by atoms with Crippen LogP contribution in [0.2, 0.25) is 0 Å². The predicted octanol–water partition coefficient (Wildman–Crippen LogP) is 8.75. The van der Waals surface area contributed by atoms with Gasteiger partial charge in [-0.3, -0.25) is 4.99 Å². The Bertz CT molecular complexity index is 1120. The summed E-state index contributed by atoms with van der Waals surface area (Å²) in [5.74, 6) is 1.66. The molecule has 0 amide bonds. The molecule has 0 aliphatic carbocycles. The van der Waals surface area contributed by atoms with E-state index in [2.05, 4.69) is 92.6 Å². The van der Waals surface area contributed by atoms with Crippen LogP contribution in [0.15, 0.2) is 59.6 Å². The molecule has 0 spiro atoms. The molecule has 3 rings (SSSR count). The van der Waals surface area contributed by atoms with E-state index in [1.165, 1.54) is 16.7 Å². The molecule has 0 aromatic heterocycles. The smallest absolute Gasteiger partial charge is 0.153 e. The summed E-state index contributed by atoms with van der Waals surface area (Å²) in [7, 11) is 0. The monoisotopic (exact) mass is 427 g/mol. The van der Waals surface area contributed by atoms with Crippen molar-refractivity contribution in [2.45, 2.75) is 73.1 Å². The van der Waals surface area contributed by atoms with Gasteiger partial charge in [0.1, 0.15) is 11.4 Å². The van der Waals surface area contributed by atoms with E-state index in [0.29, 0.717) is 0 Å². The third-order valence-corrected chi connectivity index (χ3v) is 5.95. The standard InChI is InChI=1S/C30H37NO/c1-20-13-12-14-21(2)28(20)32-27-16-11-10-15-26(27)31-19-23-17-24(29(4,5)6)18-25(22(23)3)30(7,8)9/h10-19H,1-9H3/b31-19+. The number of aryl methyl sites for hydroxylation is 2. The van der Waals surface area contributed by atoms with Crippen molar-refractivity contribution in [3.8, 4) is 11.5 Å². The number of para-hydroxylation sites is 3. The molecule has 0 N–H and O–H groups in total. The third kappa shape index (κ3) is 5.30. The summed E-state index contributed by atoms with van der Waals surface area (Å²) >= 11 is 0. The van der Waals surface area contributed by atoms with Gasteiger partial charge in [0.2, 0.25) is 0 Å². The van der Waals surface area contributed by atoms with Crippen LogP contribution in [0.25, 0.3) is 0 Å². The average Bonchev–Trinajstić information content (AvgIpc) is 2.69. The highest BCUT2D eigenvalue weighted by atomic mass is 16.5. The molecule has 3 aromatic carbocycles. The fourth-order valence-electron chi connectivity index (χ4n) is 3.94. The van der Waals surface area contributed by atoms with Gasteiger partial charge in [0.15, 0.2) is 5.75 Å². The summed E-state index contributed by atoms with van der Waals surface area (Å²) in [5, 5.41) is 0. The van der Waals surface area contributed by atoms with Gasteiger partial charge >= 0.3 is 0 Å². The first kappa shape index (κ1) is 23.8. The molecule has 0 atom stereocenters. The van der Waals surface area contributed by atoms with Gasteiger partial charge in [-0.25, -0.2) is 0 Å². The highest BCUT2D eigenvalue weighted by Gasteiger charge is 2.23. The molecule has 2 heteroatoms. The maximum Gasteiger partial charge on any atom is 0.153 e. The molecule has 2 nitrogen and oxygen atoms in total. The summed E-state index contributed by atoms with van der Waals surface area (Å²) in [4.78, 5) is 4.89. The number of ether oxygens (including phenoxy) is 1. The molecule has 0 unspecified atom stereocenters. The SMILES string of the molecule is Cc1cccc(C)c1Oc1ccccc1/N=C/c1cc(C(C)(C)C)cc(C(C)(C)C)c1C. The van der Waals surface area contributed by atoms with E-state index in [4.69, 9.17) is 9.73 Å². The molecule has 0 aliphatic rings. The van der Waals surface area contributed by atoms with Crippen molar-refractivity contribution in [1.29, 1.82) is 0 Å². The second kappa shape index (κ2) is 8.94. The zero-order chi connectivity index (χ0) is 23.7. The van der Waals surface area contributed by atoms with Gasteiger partial charge in [-0.05, 0) is 83.2 Å². The summed E-state index contributed by atoms with van der Waals surface area (Å²) in [6.45, 7) is 20.0. The summed E-state index contributed by atoms with van der Waals surface area (Å²) in [5.41, 5.74) is 8.33. The molecule has 0 fully saturated rings. The molecule has 32 heavy (non-hydrogen) atoms. The van der Waals surface area contributed by atoms with E-state index in [1.807, 2.05) is 30.5 Å². The van der Waals surface area contributed by atoms with Gasteiger partial charge in [-0.1, -0.05) is 77.9 Å². The Balaban J connectivity index is 2.05. The molecule has 0 saturated heterocycles. The molecule has 3 aromatic rings. The van der Waals surface area contributed by atoms with Crippen LogP contribution in [0, 0.1) is 20.8 Å². The van der Waals surface area contributed by atoms with Crippen molar-refractivity contribution < 1.29 is 4.74 Å². The van der Waals surface area contributed by atoms with Gasteiger partial charge in [0.25, 0.3) is 0 Å². The average molecular weight is 428 g/mol. The van der Waals surface area contributed by atoms with Crippen molar-refractivity contribution >= 4 is 11.9 Å². The lowest BCUT2D eigenvalue weighted by atomic mass is 9.77. The van der Waals surface area contributed by atoms with Crippen LogP contribution >= 0.6 is 0 Å². The minimum absolute atomic E-state index is 0.0668. The van der Waals surface area contributed by atoms with E-state index in [9.17, 15) is 0 Å². The quantitative estimate of drug-likeness (QED) is 0.381. The molecule has 0 aliphatic heterocycles. The van der Waals surface area contributed by atoms with Crippen molar-refractivity contribution in [1.82, 2.24) is 0 Å². The number of nitrogens with zero attached hydrogens (tertiary/aromatic N) is 1. The van der Waals surface area contributed by atoms with Gasteiger partial charge in [0, 0.05) is 6.21 Å². The molecule has 0 saturated carbocycles. The van der Waals surface area contributed by atoms with Crippen LogP contribution in [0.4, 0.5) is 5.69 Å². The molecule has 0 bridgehead atoms. The number of hydrogen-bond donors (Lipinski definition) is 0. The zero-order valence-corrected chi connectivity index (χ0v) is 21.1. The molecule has 0 heterocycles. The highest BCUT2D eigenvalue weighted by molar-refractivity contribution is 5.85. The summed E-state index contributed by atoms with van der Waals surface area (Å²) in [6, 6.07) is 18.8. The number of aliphatic imine (C=N–C) groups is 1. The lowest BCUT2D eigenvalue weighted by Crippen LogP contribution is -2.19. The first-order valence-electron chi connectivity index (χ1n) is 11.4. The van der Waals surface area contributed by atoms with Crippen LogP contribution in [0.3, 0.4) is 0 Å². The van der Waals surface area contributed by atoms with E-state index in [0.717, 1.165) is 33.9 Å². The fraction of sp³-hybridized carbons (Fsp3) is 0.367. The van der Waals surface area contributed by atoms with E-state index in [1.54, 1.807) is 0 Å². The minimum Gasteiger partial charge on any atom is -0.455 e. The van der Waals surface area contributed by atoms with Crippen LogP contribution in [-0.2, 0) is 10.8 Å². The Morgan fingerprint density at radius 1 is 0.750 bits per heavy atom. The van der Waals surface area contributed by atoms with Crippen LogP contribution < -0.4 is 4.74 Å². The molecule has 0 radical (unpaired) electrons. The summed E-state index contributed by atoms with van der Waals surface area (Å²) in [6.07, 6.45) is 1.99. The zero-order valence-electron chi connectivity index (χ0n) is 21.1. The molecular formula is C30H37NO. The van der Waals surface area contributed by atoms with Crippen molar-refractivity contribution in [2.24, 2.45) is 4.99 Å². The maximum absolute atomic E-state index is 6.33. The van der Waals surface area contributed by atoms with Crippen molar-refractivity contribution in [2.75, 3.05) is 0 Å². The van der Waals surface area contributed by atoms with Crippen LogP contribution in [0.5, 0.6) is 11.5 Å². The normalized spacial score (nSPS) is 12.4. The predicted molar refractivity (Wildman–Crippen MR) is 138 cm³/mol. The van der Waals surface area contributed by atoms with Gasteiger partial charge in [-0.15, -0.1) is 0 Å². The second-order valence-corrected chi connectivity index (χ2v) is 10.8. The van der Waals surface area contributed by atoms with E-state index in [-0.39, 0.29) is 10.8 Å². The number of hydrogen-bond acceptors (Lipinski definition) is 2. The van der Waals surface area contributed by atoms with Crippen LogP contribution in [0.1, 0.15) is 74.9 Å². The van der Waals surface area contributed by atoms with E-state index >= 15 is 0 Å². The summed E-state index contributed by atoms with van der Waals surface area (Å²) < 4.78 is 6.33. The lowest BCUT2D eigenvalue weighted by molar-refractivity contribution is 0.476. The third-order valence-electron chi connectivity index (χ3n) is 5.95. The Morgan fingerprint density at radius 2 is 1.38 bits per heavy atom. The maximum atomic E-state index is 6.33. The second-order valence-electron chi connectivity index (χ2n) is 10.8. The van der Waals surface area contributed by atoms with Crippen molar-refractivity contribution in [3.05, 3.63) is 88.0 Å². The molecular weight excluding hydrogens is 390 g/mol. The largest absolute Gasteiger partial charge is 0.455 e. The highest BCUT2D eigenvalue weighted by Crippen LogP contribution is 2.36. The number of benzene rings is 3. The Kier molecular flexibility index (Phi) is 6.64. The fourth-order valence-corrected chi connectivity index (χ4v) is 3.94. The van der Waals surface area contributed by atoms with Crippen LogP contribution in [-0.4, -0.2) is 6.21 Å². The van der Waals surface area contributed by atoms with Gasteiger partial charge < -0.3 is 4.74 Å². The molecule has 168 valence electrons. The Labute approximate surface area is 194 Å². The van der Waals surface area contributed by atoms with Crippen molar-refractivity contribution in [3.63, 3.8) is 0 Å². The van der Waals surface area contributed by atoms with E-state index < -0.39 is 0 Å². The lowest BCUT2D eigenvalue weighted by Gasteiger charge is -2.28.